The van der Waals surface area contributed by atoms with Crippen molar-refractivity contribution in [3.05, 3.63) is 41.7 Å². The molecule has 2 N–H and O–H groups in total. The van der Waals surface area contributed by atoms with E-state index in [1.165, 1.54) is 33.9 Å². The highest BCUT2D eigenvalue weighted by Crippen LogP contribution is 2.42. The zero-order valence-corrected chi connectivity index (χ0v) is 21.7. The maximum Gasteiger partial charge on any atom is 0.393 e. The fourth-order valence-corrected chi connectivity index (χ4v) is 5.58. The molecule has 5 rings (SSSR count). The standard InChI is InChI=1S/C25H29F5N8O2/c1-2-37-19(5-7-33-37)22(40)35-20(14-4-3-6-24(26,27)10-14)18-13-38-23(34-18)32-12-17(36-38)9-15-8-16(25(28,29)30)11-31-21(15)39/h5,7,12-16,20H,2-4,6,8-11H2,1H3,(H,31,39)(H,35,40)/t14-,15-,16-,20+/m1/s1. The predicted octanol–water partition coefficient (Wildman–Crippen LogP) is 3.49. The first kappa shape index (κ1) is 27.9. The highest BCUT2D eigenvalue weighted by molar-refractivity contribution is 5.92. The summed E-state index contributed by atoms with van der Waals surface area (Å²) in [6, 6.07) is 0.664. The monoisotopic (exact) mass is 568 g/mol. The van der Waals surface area contributed by atoms with E-state index in [0.29, 0.717) is 13.0 Å². The fraction of sp³-hybridized carbons (Fsp3) is 0.600. The molecule has 2 fully saturated rings. The summed E-state index contributed by atoms with van der Waals surface area (Å²) in [6.07, 6.45) is -0.488. The molecule has 2 aliphatic rings. The molecule has 216 valence electrons. The number of hydrogen-bond donors (Lipinski definition) is 2. The van der Waals surface area contributed by atoms with Crippen LogP contribution in [0.3, 0.4) is 0 Å². The maximum absolute atomic E-state index is 14.4. The second-order valence-electron chi connectivity index (χ2n) is 10.5. The minimum Gasteiger partial charge on any atom is -0.355 e. The largest absolute Gasteiger partial charge is 0.393 e. The molecule has 15 heteroatoms. The lowest BCUT2D eigenvalue weighted by Crippen LogP contribution is -2.47. The Morgan fingerprint density at radius 3 is 2.85 bits per heavy atom. The Balaban J connectivity index is 1.41. The number of halogens is 5. The second-order valence-corrected chi connectivity index (χ2v) is 10.5. The van der Waals surface area contributed by atoms with E-state index in [1.54, 1.807) is 0 Å². The zero-order chi connectivity index (χ0) is 28.7. The van der Waals surface area contributed by atoms with Gasteiger partial charge in [0.25, 0.3) is 11.7 Å². The summed E-state index contributed by atoms with van der Waals surface area (Å²) < 4.78 is 71.2. The maximum atomic E-state index is 14.4. The second kappa shape index (κ2) is 10.7. The van der Waals surface area contributed by atoms with Crippen LogP contribution in [0.25, 0.3) is 5.78 Å². The normalized spacial score (nSPS) is 24.1. The molecule has 0 bridgehead atoms. The van der Waals surface area contributed by atoms with Crippen molar-refractivity contribution in [1.29, 1.82) is 0 Å². The van der Waals surface area contributed by atoms with Crippen molar-refractivity contribution in [3.63, 3.8) is 0 Å². The van der Waals surface area contributed by atoms with E-state index < -0.39 is 60.7 Å². The molecule has 0 spiro atoms. The Labute approximate surface area is 225 Å². The highest BCUT2D eigenvalue weighted by atomic mass is 19.4. The molecule has 3 aromatic heterocycles. The number of alkyl halides is 5. The van der Waals surface area contributed by atoms with Gasteiger partial charge in [0.05, 0.1) is 35.7 Å². The van der Waals surface area contributed by atoms with Gasteiger partial charge >= 0.3 is 6.18 Å². The van der Waals surface area contributed by atoms with E-state index in [-0.39, 0.29) is 48.5 Å². The molecule has 3 aromatic rings. The smallest absolute Gasteiger partial charge is 0.355 e. The minimum absolute atomic E-state index is 0.0646. The summed E-state index contributed by atoms with van der Waals surface area (Å²) in [5.74, 6) is -6.92. The fourth-order valence-electron chi connectivity index (χ4n) is 5.58. The number of imidazole rings is 1. The first-order valence-electron chi connectivity index (χ1n) is 13.2. The van der Waals surface area contributed by atoms with Gasteiger partial charge in [0.1, 0.15) is 5.69 Å². The number of nitrogens with zero attached hydrogens (tertiary/aromatic N) is 6. The number of aromatic nitrogens is 6. The van der Waals surface area contributed by atoms with Crippen molar-refractivity contribution in [3.8, 4) is 0 Å². The number of hydrogen-bond acceptors (Lipinski definition) is 6. The van der Waals surface area contributed by atoms with E-state index in [4.69, 9.17) is 0 Å². The lowest BCUT2D eigenvalue weighted by molar-refractivity contribution is -0.183. The SMILES string of the molecule is CCn1nccc1C(=O)N[C@H](c1cn2nc(C[C@H]3C[C@@H](C(F)(F)F)CNC3=O)cnc2n1)[C@@H]1CCCC(F)(F)C1. The van der Waals surface area contributed by atoms with E-state index in [2.05, 4.69) is 30.8 Å². The van der Waals surface area contributed by atoms with Gasteiger partial charge in [-0.2, -0.15) is 23.4 Å². The summed E-state index contributed by atoms with van der Waals surface area (Å²) in [5, 5.41) is 13.6. The summed E-state index contributed by atoms with van der Waals surface area (Å²) in [6.45, 7) is 1.80. The van der Waals surface area contributed by atoms with Crippen LogP contribution in [0.1, 0.15) is 66.9 Å². The molecular formula is C25H29F5N8O2. The van der Waals surface area contributed by atoms with E-state index >= 15 is 0 Å². The van der Waals surface area contributed by atoms with Crippen LogP contribution in [0.15, 0.2) is 24.7 Å². The van der Waals surface area contributed by atoms with Gasteiger partial charge < -0.3 is 10.6 Å². The molecule has 1 aliphatic carbocycles. The van der Waals surface area contributed by atoms with E-state index in [0.717, 1.165) is 0 Å². The van der Waals surface area contributed by atoms with Crippen LogP contribution in [-0.2, 0) is 17.8 Å². The Morgan fingerprint density at radius 1 is 1.32 bits per heavy atom. The van der Waals surface area contributed by atoms with E-state index in [1.807, 2.05) is 6.92 Å². The number of amides is 2. The van der Waals surface area contributed by atoms with Crippen molar-refractivity contribution >= 4 is 17.6 Å². The molecule has 0 unspecified atom stereocenters. The molecule has 0 aromatic carbocycles. The van der Waals surface area contributed by atoms with Gasteiger partial charge in [-0.25, -0.2) is 23.3 Å². The molecule has 1 aliphatic heterocycles. The number of rotatable bonds is 7. The summed E-state index contributed by atoms with van der Waals surface area (Å²) in [4.78, 5) is 34.1. The third-order valence-corrected chi connectivity index (χ3v) is 7.64. The lowest BCUT2D eigenvalue weighted by atomic mass is 9.80. The summed E-state index contributed by atoms with van der Waals surface area (Å²) in [7, 11) is 0. The van der Waals surface area contributed by atoms with Crippen LogP contribution in [0, 0.1) is 17.8 Å². The van der Waals surface area contributed by atoms with Crippen LogP contribution < -0.4 is 10.6 Å². The molecule has 0 radical (unpaired) electrons. The molecule has 4 atom stereocenters. The Morgan fingerprint density at radius 2 is 2.12 bits per heavy atom. The zero-order valence-electron chi connectivity index (χ0n) is 21.7. The molecule has 2 amide bonds. The average molecular weight is 569 g/mol. The molecule has 1 saturated carbocycles. The van der Waals surface area contributed by atoms with Gasteiger partial charge in [0.2, 0.25) is 11.8 Å². The van der Waals surface area contributed by atoms with Crippen molar-refractivity contribution in [2.45, 2.75) is 70.1 Å². The number of aryl methyl sites for hydroxylation is 1. The molecule has 40 heavy (non-hydrogen) atoms. The van der Waals surface area contributed by atoms with Crippen LogP contribution in [0.2, 0.25) is 0 Å². The number of carbonyl (C=O) groups is 2. The molecular weight excluding hydrogens is 539 g/mol. The van der Waals surface area contributed by atoms with Crippen molar-refractivity contribution in [2.24, 2.45) is 17.8 Å². The quantitative estimate of drug-likeness (QED) is 0.422. The van der Waals surface area contributed by atoms with E-state index in [9.17, 15) is 31.5 Å². The van der Waals surface area contributed by atoms with Gasteiger partial charge in [-0.05, 0) is 38.2 Å². The third kappa shape index (κ3) is 5.92. The van der Waals surface area contributed by atoms with Gasteiger partial charge in [0.15, 0.2) is 0 Å². The van der Waals surface area contributed by atoms with Crippen LogP contribution in [-0.4, -0.2) is 59.8 Å². The Hall–Kier alpha value is -3.65. The van der Waals surface area contributed by atoms with Crippen LogP contribution in [0.4, 0.5) is 22.0 Å². The molecule has 1 saturated heterocycles. The lowest BCUT2D eigenvalue weighted by Gasteiger charge is -2.34. The van der Waals surface area contributed by atoms with Gasteiger partial charge in [0, 0.05) is 44.5 Å². The number of nitrogens with one attached hydrogen (secondary N) is 2. The third-order valence-electron chi connectivity index (χ3n) is 7.64. The topological polar surface area (TPSA) is 119 Å². The summed E-state index contributed by atoms with van der Waals surface area (Å²) in [5.41, 5.74) is 0.833. The van der Waals surface area contributed by atoms with Crippen molar-refractivity contribution in [2.75, 3.05) is 6.54 Å². The number of fused-ring (bicyclic) bond motifs is 1. The van der Waals surface area contributed by atoms with Crippen LogP contribution in [0.5, 0.6) is 0 Å². The number of piperidine rings is 1. The predicted molar refractivity (Wildman–Crippen MR) is 130 cm³/mol. The average Bonchev–Trinajstić information content (AvgIpc) is 3.54. The molecule has 4 heterocycles. The van der Waals surface area contributed by atoms with Gasteiger partial charge in [-0.3, -0.25) is 14.3 Å². The van der Waals surface area contributed by atoms with Gasteiger partial charge in [-0.15, -0.1) is 0 Å². The van der Waals surface area contributed by atoms with Crippen LogP contribution >= 0.6 is 0 Å². The first-order valence-corrected chi connectivity index (χ1v) is 13.2. The Kier molecular flexibility index (Phi) is 7.48. The highest BCUT2D eigenvalue weighted by Gasteiger charge is 2.45. The summed E-state index contributed by atoms with van der Waals surface area (Å²) >= 11 is 0. The first-order chi connectivity index (χ1) is 18.9. The van der Waals surface area contributed by atoms with Crippen molar-refractivity contribution in [1.82, 2.24) is 40.0 Å². The number of carbonyl (C=O) groups excluding carboxylic acids is 2. The van der Waals surface area contributed by atoms with Gasteiger partial charge in [-0.1, -0.05) is 0 Å². The van der Waals surface area contributed by atoms with Crippen molar-refractivity contribution < 1.29 is 31.5 Å². The molecule has 10 nitrogen and oxygen atoms in total. The Bertz CT molecular complexity index is 1390. The minimum atomic E-state index is -4.43.